The molecule has 1 unspecified atom stereocenters. The second-order valence-corrected chi connectivity index (χ2v) is 8.36. The van der Waals surface area contributed by atoms with Crippen LogP contribution in [0.3, 0.4) is 0 Å². The Hall–Kier alpha value is -4.91. The van der Waals surface area contributed by atoms with Gasteiger partial charge in [-0.25, -0.2) is 19.9 Å². The molecule has 10 heteroatoms. The van der Waals surface area contributed by atoms with Crippen molar-refractivity contribution in [3.05, 3.63) is 78.0 Å². The van der Waals surface area contributed by atoms with E-state index in [9.17, 15) is 9.59 Å². The molecule has 10 nitrogen and oxygen atoms in total. The number of fused-ring (bicyclic) bond motifs is 1. The van der Waals surface area contributed by atoms with Crippen molar-refractivity contribution in [2.24, 2.45) is 0 Å². The fraction of sp³-hybridized carbons (Fsp3) is 0.222. The topological polar surface area (TPSA) is 146 Å². The Balaban J connectivity index is 1.46. The molecule has 0 saturated carbocycles. The Labute approximate surface area is 214 Å². The molecule has 4 rings (SSSR count). The number of carbonyl (C=O) groups is 2. The third-order valence-electron chi connectivity index (χ3n) is 5.89. The Morgan fingerprint density at radius 2 is 1.78 bits per heavy atom. The van der Waals surface area contributed by atoms with Gasteiger partial charge in [0, 0.05) is 48.6 Å². The summed E-state index contributed by atoms with van der Waals surface area (Å²) in [7, 11) is 1.58. The van der Waals surface area contributed by atoms with E-state index in [0.29, 0.717) is 35.6 Å². The number of nitrogens with zero attached hydrogens (tertiary/aromatic N) is 5. The number of carbonyl (C=O) groups excluding carboxylic acids is 2. The summed E-state index contributed by atoms with van der Waals surface area (Å²) in [5, 5.41) is 18.0. The van der Waals surface area contributed by atoms with E-state index in [4.69, 9.17) is 5.26 Å². The van der Waals surface area contributed by atoms with Crippen LogP contribution in [0.15, 0.2) is 61.2 Å². The van der Waals surface area contributed by atoms with Gasteiger partial charge >= 0.3 is 0 Å². The highest BCUT2D eigenvalue weighted by atomic mass is 16.2. The summed E-state index contributed by atoms with van der Waals surface area (Å²) in [5.41, 5.74) is 4.16. The van der Waals surface area contributed by atoms with Gasteiger partial charge in [0.2, 0.25) is 0 Å². The maximum absolute atomic E-state index is 12.2. The fourth-order valence-corrected chi connectivity index (χ4v) is 3.91. The van der Waals surface area contributed by atoms with Gasteiger partial charge in [0.25, 0.3) is 11.8 Å². The number of aromatic nitrogens is 4. The molecule has 1 atom stereocenters. The highest BCUT2D eigenvalue weighted by Crippen LogP contribution is 2.26. The number of benzene rings is 2. The van der Waals surface area contributed by atoms with Crippen molar-refractivity contribution >= 4 is 28.5 Å². The monoisotopic (exact) mass is 494 g/mol. The minimum absolute atomic E-state index is 0.0633. The largest absolute Gasteiger partial charge is 0.369 e. The molecule has 2 aromatic carbocycles. The number of hydrogen-bond acceptors (Lipinski definition) is 8. The zero-order valence-corrected chi connectivity index (χ0v) is 20.5. The van der Waals surface area contributed by atoms with Gasteiger partial charge in [0.15, 0.2) is 0 Å². The van der Waals surface area contributed by atoms with E-state index in [0.717, 1.165) is 22.3 Å². The molecule has 2 heterocycles. The van der Waals surface area contributed by atoms with Crippen molar-refractivity contribution in [2.45, 2.75) is 19.3 Å². The molecule has 0 aliphatic carbocycles. The maximum atomic E-state index is 12.2. The first-order valence-corrected chi connectivity index (χ1v) is 11.8. The summed E-state index contributed by atoms with van der Waals surface area (Å²) in [6.07, 6.45) is 3.17. The van der Waals surface area contributed by atoms with Gasteiger partial charge in [0.05, 0.1) is 23.7 Å². The van der Waals surface area contributed by atoms with E-state index < -0.39 is 0 Å². The molecular formula is C27H26N8O2. The van der Waals surface area contributed by atoms with Crippen LogP contribution in [0.25, 0.3) is 22.2 Å². The van der Waals surface area contributed by atoms with Crippen LogP contribution in [0, 0.1) is 11.3 Å². The van der Waals surface area contributed by atoms with Gasteiger partial charge < -0.3 is 16.0 Å². The molecule has 0 radical (unpaired) electrons. The zero-order chi connectivity index (χ0) is 26.2. The number of nitrogens with one attached hydrogen (secondary N) is 3. The van der Waals surface area contributed by atoms with Crippen LogP contribution < -0.4 is 16.0 Å². The number of anilines is 1. The van der Waals surface area contributed by atoms with Crippen LogP contribution in [0.4, 0.5) is 5.82 Å². The van der Waals surface area contributed by atoms with E-state index >= 15 is 0 Å². The third kappa shape index (κ3) is 5.85. The van der Waals surface area contributed by atoms with E-state index in [-0.39, 0.29) is 24.2 Å². The van der Waals surface area contributed by atoms with E-state index in [1.54, 1.807) is 19.2 Å². The van der Waals surface area contributed by atoms with Gasteiger partial charge in [-0.1, -0.05) is 37.3 Å². The fourth-order valence-electron chi connectivity index (χ4n) is 3.91. The Morgan fingerprint density at radius 3 is 2.54 bits per heavy atom. The first kappa shape index (κ1) is 25.2. The molecule has 0 saturated heterocycles. The van der Waals surface area contributed by atoms with Crippen molar-refractivity contribution in [3.8, 4) is 17.3 Å². The van der Waals surface area contributed by atoms with E-state index in [1.165, 1.54) is 12.7 Å². The van der Waals surface area contributed by atoms with Crippen molar-refractivity contribution in [1.29, 1.82) is 5.26 Å². The number of para-hydroxylation sites is 1. The molecule has 4 aromatic rings. The summed E-state index contributed by atoms with van der Waals surface area (Å²) in [5.74, 6) is 0.253. The molecule has 0 aliphatic heterocycles. The summed E-state index contributed by atoms with van der Waals surface area (Å²) in [6, 6.07) is 16.7. The predicted molar refractivity (Wildman–Crippen MR) is 140 cm³/mol. The lowest BCUT2D eigenvalue weighted by Gasteiger charge is -2.16. The summed E-state index contributed by atoms with van der Waals surface area (Å²) in [4.78, 5) is 41.7. The zero-order valence-electron chi connectivity index (χ0n) is 20.5. The van der Waals surface area contributed by atoms with Gasteiger partial charge in [-0.05, 0) is 17.7 Å². The van der Waals surface area contributed by atoms with E-state index in [1.807, 2.05) is 42.5 Å². The number of hydrogen-bond donors (Lipinski definition) is 3. The van der Waals surface area contributed by atoms with Crippen LogP contribution >= 0.6 is 0 Å². The number of nitriles is 1. The van der Waals surface area contributed by atoms with Gasteiger partial charge in [0.1, 0.15) is 24.2 Å². The third-order valence-corrected chi connectivity index (χ3v) is 5.89. The number of amides is 2. The normalized spacial score (nSPS) is 11.4. The minimum Gasteiger partial charge on any atom is -0.369 e. The first-order valence-electron chi connectivity index (χ1n) is 11.8. The Morgan fingerprint density at radius 1 is 1.00 bits per heavy atom. The number of rotatable bonds is 9. The van der Waals surface area contributed by atoms with Crippen molar-refractivity contribution in [3.63, 3.8) is 0 Å². The second kappa shape index (κ2) is 11.7. The van der Waals surface area contributed by atoms with Crippen molar-refractivity contribution in [1.82, 2.24) is 30.6 Å². The quantitative estimate of drug-likeness (QED) is 0.301. The average molecular weight is 495 g/mol. The molecule has 3 N–H and O–H groups in total. The Kier molecular flexibility index (Phi) is 7.95. The van der Waals surface area contributed by atoms with Crippen LogP contribution in [-0.4, -0.2) is 51.9 Å². The molecule has 186 valence electrons. The molecule has 37 heavy (non-hydrogen) atoms. The van der Waals surface area contributed by atoms with Crippen molar-refractivity contribution in [2.75, 3.05) is 25.5 Å². The second-order valence-electron chi connectivity index (χ2n) is 8.36. The van der Waals surface area contributed by atoms with Crippen LogP contribution in [0.5, 0.6) is 0 Å². The lowest BCUT2D eigenvalue weighted by atomic mass is 9.97. The average Bonchev–Trinajstić information content (AvgIpc) is 2.95. The van der Waals surface area contributed by atoms with Crippen LogP contribution in [0.1, 0.15) is 45.7 Å². The molecular weight excluding hydrogens is 468 g/mol. The highest BCUT2D eigenvalue weighted by molar-refractivity contribution is 6.04. The first-order chi connectivity index (χ1) is 18.0. The van der Waals surface area contributed by atoms with Gasteiger partial charge in [-0.3, -0.25) is 9.59 Å². The molecule has 0 spiro atoms. The summed E-state index contributed by atoms with van der Waals surface area (Å²) >= 11 is 0. The predicted octanol–water partition coefficient (Wildman–Crippen LogP) is 3.31. The molecule has 0 bridgehead atoms. The van der Waals surface area contributed by atoms with Gasteiger partial charge in [-0.15, -0.1) is 0 Å². The Bertz CT molecular complexity index is 1460. The standard InChI is InChI=1S/C27H26N8O2/c1-17(20-5-3-6-21-24(20)34-16-35-25(21)27(37)29-2)14-31-23-13-22(32-15-33-23)18-7-9-19(10-8-18)26(36)30-12-4-11-28/h3,5-10,13,15-17H,4,12,14H2,1-2H3,(H,29,37)(H,30,36)(H,31,32,33). The highest BCUT2D eigenvalue weighted by Gasteiger charge is 2.16. The van der Waals surface area contributed by atoms with Gasteiger partial charge in [-0.2, -0.15) is 5.26 Å². The van der Waals surface area contributed by atoms with Crippen LogP contribution in [-0.2, 0) is 0 Å². The summed E-state index contributed by atoms with van der Waals surface area (Å²) < 4.78 is 0. The SMILES string of the molecule is CNC(=O)c1ncnc2c(C(C)CNc3cc(-c4ccc(C(=O)NCCC#N)cc4)ncn3)cccc12. The van der Waals surface area contributed by atoms with Crippen molar-refractivity contribution < 1.29 is 9.59 Å². The molecule has 2 aromatic heterocycles. The smallest absolute Gasteiger partial charge is 0.270 e. The minimum atomic E-state index is -0.253. The lowest BCUT2D eigenvalue weighted by molar-refractivity contribution is 0.0948. The van der Waals surface area contributed by atoms with E-state index in [2.05, 4.69) is 42.8 Å². The van der Waals surface area contributed by atoms with Crippen LogP contribution in [0.2, 0.25) is 0 Å². The summed E-state index contributed by atoms with van der Waals surface area (Å²) in [6.45, 7) is 2.97. The maximum Gasteiger partial charge on any atom is 0.270 e. The molecule has 0 fully saturated rings. The molecule has 0 aliphatic rings. The lowest BCUT2D eigenvalue weighted by Crippen LogP contribution is -2.24. The molecule has 2 amide bonds.